The Morgan fingerprint density at radius 1 is 0.957 bits per heavy atom. The van der Waals surface area contributed by atoms with E-state index in [0.717, 1.165) is 28.2 Å². The molecular formula is C18H18N2O2S. The summed E-state index contributed by atoms with van der Waals surface area (Å²) in [5.41, 5.74) is 3.23. The van der Waals surface area contributed by atoms with E-state index in [1.54, 1.807) is 0 Å². The average molecular weight is 326 g/mol. The van der Waals surface area contributed by atoms with E-state index >= 15 is 0 Å². The van der Waals surface area contributed by atoms with Crippen molar-refractivity contribution < 1.29 is 9.15 Å². The number of aromatic nitrogens is 2. The zero-order chi connectivity index (χ0) is 16.1. The van der Waals surface area contributed by atoms with Crippen LogP contribution in [-0.4, -0.2) is 22.6 Å². The van der Waals surface area contributed by atoms with Crippen LogP contribution in [0.4, 0.5) is 0 Å². The summed E-state index contributed by atoms with van der Waals surface area (Å²) in [4.78, 5) is 0. The maximum Gasteiger partial charge on any atom is 0.276 e. The summed E-state index contributed by atoms with van der Waals surface area (Å²) in [5, 5.41) is 8.70. The van der Waals surface area contributed by atoms with Gasteiger partial charge in [-0.1, -0.05) is 48.2 Å². The zero-order valence-corrected chi connectivity index (χ0v) is 14.0. The molecule has 0 radical (unpaired) electrons. The van der Waals surface area contributed by atoms with Crippen molar-refractivity contribution >= 4 is 11.8 Å². The van der Waals surface area contributed by atoms with Crippen LogP contribution in [0.2, 0.25) is 0 Å². The largest absolute Gasteiger partial charge is 0.492 e. The third-order valence-electron chi connectivity index (χ3n) is 3.39. The average Bonchev–Trinajstić information content (AvgIpc) is 3.03. The first-order valence-corrected chi connectivity index (χ1v) is 8.43. The first-order valence-electron chi connectivity index (χ1n) is 7.45. The van der Waals surface area contributed by atoms with E-state index in [1.165, 1.54) is 11.8 Å². The van der Waals surface area contributed by atoms with Crippen LogP contribution in [0, 0.1) is 13.8 Å². The van der Waals surface area contributed by atoms with E-state index in [0.29, 0.717) is 17.7 Å². The number of nitrogens with zero attached hydrogens (tertiary/aromatic N) is 2. The molecule has 0 N–H and O–H groups in total. The number of ether oxygens (including phenoxy) is 1. The highest BCUT2D eigenvalue weighted by Crippen LogP contribution is 2.25. The van der Waals surface area contributed by atoms with Crippen LogP contribution in [0.1, 0.15) is 11.1 Å². The minimum atomic E-state index is 0.545. The molecule has 1 aromatic heterocycles. The number of hydrogen-bond acceptors (Lipinski definition) is 5. The smallest absolute Gasteiger partial charge is 0.276 e. The highest BCUT2D eigenvalue weighted by molar-refractivity contribution is 7.99. The Morgan fingerprint density at radius 2 is 1.70 bits per heavy atom. The molecule has 1 heterocycles. The minimum absolute atomic E-state index is 0.545. The lowest BCUT2D eigenvalue weighted by Crippen LogP contribution is -2.02. The van der Waals surface area contributed by atoms with E-state index in [-0.39, 0.29) is 0 Å². The van der Waals surface area contributed by atoms with Crippen molar-refractivity contribution in [2.45, 2.75) is 19.1 Å². The van der Waals surface area contributed by atoms with Gasteiger partial charge >= 0.3 is 0 Å². The summed E-state index contributed by atoms with van der Waals surface area (Å²) in [6.07, 6.45) is 0. The Balaban J connectivity index is 1.53. The van der Waals surface area contributed by atoms with Crippen molar-refractivity contribution in [3.05, 3.63) is 59.7 Å². The Kier molecular flexibility index (Phi) is 4.98. The fourth-order valence-electron chi connectivity index (χ4n) is 2.27. The highest BCUT2D eigenvalue weighted by atomic mass is 32.2. The van der Waals surface area contributed by atoms with Crippen LogP contribution >= 0.6 is 11.8 Å². The van der Waals surface area contributed by atoms with Gasteiger partial charge in [-0.3, -0.25) is 0 Å². The van der Waals surface area contributed by atoms with Gasteiger partial charge in [0.15, 0.2) is 0 Å². The summed E-state index contributed by atoms with van der Waals surface area (Å²) >= 11 is 1.50. The Morgan fingerprint density at radius 3 is 2.43 bits per heavy atom. The van der Waals surface area contributed by atoms with Crippen molar-refractivity contribution in [2.75, 3.05) is 12.4 Å². The second-order valence-electron chi connectivity index (χ2n) is 5.16. The van der Waals surface area contributed by atoms with Gasteiger partial charge in [0, 0.05) is 11.3 Å². The molecule has 0 atom stereocenters. The van der Waals surface area contributed by atoms with Crippen LogP contribution in [-0.2, 0) is 0 Å². The third kappa shape index (κ3) is 3.93. The van der Waals surface area contributed by atoms with Gasteiger partial charge in [0.05, 0.1) is 6.61 Å². The topological polar surface area (TPSA) is 48.2 Å². The number of hydrogen-bond donors (Lipinski definition) is 0. The lowest BCUT2D eigenvalue weighted by Gasteiger charge is -2.10. The maximum atomic E-state index is 5.87. The lowest BCUT2D eigenvalue weighted by molar-refractivity contribution is 0.338. The number of rotatable bonds is 6. The first kappa shape index (κ1) is 15.6. The van der Waals surface area contributed by atoms with Crippen molar-refractivity contribution in [2.24, 2.45) is 0 Å². The highest BCUT2D eigenvalue weighted by Gasteiger charge is 2.09. The Hall–Kier alpha value is -2.27. The molecule has 0 spiro atoms. The normalized spacial score (nSPS) is 10.7. The monoisotopic (exact) mass is 326 g/mol. The summed E-state index contributed by atoms with van der Waals surface area (Å²) in [6.45, 7) is 4.71. The summed E-state index contributed by atoms with van der Waals surface area (Å²) in [7, 11) is 0. The van der Waals surface area contributed by atoms with E-state index in [1.807, 2.05) is 36.4 Å². The molecule has 0 saturated heterocycles. The second-order valence-corrected chi connectivity index (χ2v) is 6.20. The molecule has 3 aromatic rings. The van der Waals surface area contributed by atoms with Crippen molar-refractivity contribution in [1.82, 2.24) is 10.2 Å². The quantitative estimate of drug-likeness (QED) is 0.492. The predicted octanol–water partition coefficient (Wildman–Crippen LogP) is 4.52. The van der Waals surface area contributed by atoms with Gasteiger partial charge in [0.2, 0.25) is 5.89 Å². The fraction of sp³-hybridized carbons (Fsp3) is 0.222. The molecular weight excluding hydrogens is 308 g/mol. The standard InChI is InChI=1S/C18H18N2O2S/c1-13-7-6-8-14(2)16(13)21-11-12-23-18-20-19-17(22-18)15-9-4-3-5-10-15/h3-10H,11-12H2,1-2H3. The second kappa shape index (κ2) is 7.33. The molecule has 5 heteroatoms. The zero-order valence-electron chi connectivity index (χ0n) is 13.2. The van der Waals surface area contributed by atoms with Crippen molar-refractivity contribution in [3.63, 3.8) is 0 Å². The Labute approximate surface area is 139 Å². The molecule has 3 rings (SSSR count). The van der Waals surface area contributed by atoms with E-state index in [2.05, 4.69) is 36.2 Å². The number of benzene rings is 2. The molecule has 0 aliphatic heterocycles. The maximum absolute atomic E-state index is 5.87. The molecule has 0 fully saturated rings. The predicted molar refractivity (Wildman–Crippen MR) is 91.9 cm³/mol. The molecule has 0 aliphatic carbocycles. The van der Waals surface area contributed by atoms with Crippen LogP contribution in [0.15, 0.2) is 58.2 Å². The Bertz CT molecular complexity index is 751. The van der Waals surface area contributed by atoms with Gasteiger partial charge in [0.25, 0.3) is 5.22 Å². The first-order chi connectivity index (χ1) is 11.2. The van der Waals surface area contributed by atoms with Crippen molar-refractivity contribution in [3.8, 4) is 17.2 Å². The van der Waals surface area contributed by atoms with Gasteiger partial charge in [-0.05, 0) is 37.1 Å². The third-order valence-corrected chi connectivity index (χ3v) is 4.17. The number of aryl methyl sites for hydroxylation is 2. The van der Waals surface area contributed by atoms with Gasteiger partial charge in [-0.2, -0.15) is 0 Å². The van der Waals surface area contributed by atoms with Crippen LogP contribution in [0.5, 0.6) is 5.75 Å². The number of para-hydroxylation sites is 1. The van der Waals surface area contributed by atoms with Gasteiger partial charge < -0.3 is 9.15 Å². The fourth-order valence-corrected chi connectivity index (χ4v) is 2.84. The minimum Gasteiger partial charge on any atom is -0.492 e. The summed E-state index contributed by atoms with van der Waals surface area (Å²) < 4.78 is 11.5. The van der Waals surface area contributed by atoms with Crippen molar-refractivity contribution in [1.29, 1.82) is 0 Å². The van der Waals surface area contributed by atoms with Crippen LogP contribution in [0.3, 0.4) is 0 Å². The molecule has 23 heavy (non-hydrogen) atoms. The molecule has 0 bridgehead atoms. The summed E-state index contributed by atoms with van der Waals surface area (Å²) in [6, 6.07) is 15.9. The molecule has 0 unspecified atom stereocenters. The van der Waals surface area contributed by atoms with Gasteiger partial charge in [-0.15, -0.1) is 10.2 Å². The van der Waals surface area contributed by atoms with Gasteiger partial charge in [0.1, 0.15) is 5.75 Å². The number of thioether (sulfide) groups is 1. The van der Waals surface area contributed by atoms with E-state index in [9.17, 15) is 0 Å². The molecule has 2 aromatic carbocycles. The SMILES string of the molecule is Cc1cccc(C)c1OCCSc1nnc(-c2ccccc2)o1. The molecule has 0 saturated carbocycles. The molecule has 0 amide bonds. The molecule has 4 nitrogen and oxygen atoms in total. The summed E-state index contributed by atoms with van der Waals surface area (Å²) in [5.74, 6) is 2.26. The van der Waals surface area contributed by atoms with Gasteiger partial charge in [-0.25, -0.2) is 0 Å². The molecule has 118 valence electrons. The lowest BCUT2D eigenvalue weighted by atomic mass is 10.1. The van der Waals surface area contributed by atoms with Crippen LogP contribution < -0.4 is 4.74 Å². The van der Waals surface area contributed by atoms with E-state index in [4.69, 9.17) is 9.15 Å². The van der Waals surface area contributed by atoms with E-state index < -0.39 is 0 Å². The van der Waals surface area contributed by atoms with Crippen LogP contribution in [0.25, 0.3) is 11.5 Å². The molecule has 0 aliphatic rings.